The molecule has 0 spiro atoms. The molecule has 0 unspecified atom stereocenters. The predicted octanol–water partition coefficient (Wildman–Crippen LogP) is 0.799. The molecule has 18 heavy (non-hydrogen) atoms. The normalized spacial score (nSPS) is 10.8. The fourth-order valence-electron chi connectivity index (χ4n) is 1.95. The second kappa shape index (κ2) is 5.64. The molecule has 1 heterocycles. The maximum absolute atomic E-state index is 11.1. The van der Waals surface area contributed by atoms with Crippen molar-refractivity contribution in [2.75, 3.05) is 13.6 Å². The number of hydrogen-bond donors (Lipinski definition) is 2. The van der Waals surface area contributed by atoms with Crippen LogP contribution < -0.4 is 10.6 Å². The van der Waals surface area contributed by atoms with Gasteiger partial charge in [0.25, 0.3) is 0 Å². The van der Waals surface area contributed by atoms with E-state index in [1.54, 1.807) is 7.05 Å². The fraction of sp³-hybridized carbons (Fsp3) is 0.385. The molecule has 0 radical (unpaired) electrons. The first kappa shape index (κ1) is 12.6. The Morgan fingerprint density at radius 1 is 1.39 bits per heavy atom. The molecule has 0 saturated carbocycles. The Bertz CT molecular complexity index is 547. The third-order valence-corrected chi connectivity index (χ3v) is 2.93. The maximum atomic E-state index is 11.1. The molecule has 1 aromatic heterocycles. The minimum absolute atomic E-state index is 0.0494. The van der Waals surface area contributed by atoms with Gasteiger partial charge in [-0.25, -0.2) is 0 Å². The van der Waals surface area contributed by atoms with Crippen molar-refractivity contribution in [3.8, 4) is 0 Å². The van der Waals surface area contributed by atoms with Crippen LogP contribution in [-0.4, -0.2) is 29.3 Å². The first-order chi connectivity index (χ1) is 8.72. The molecule has 0 bridgehead atoms. The summed E-state index contributed by atoms with van der Waals surface area (Å²) >= 11 is 0. The van der Waals surface area contributed by atoms with Gasteiger partial charge in [0.1, 0.15) is 0 Å². The zero-order chi connectivity index (χ0) is 13.0. The van der Waals surface area contributed by atoms with Crippen LogP contribution in [0.2, 0.25) is 0 Å². The van der Waals surface area contributed by atoms with E-state index in [1.807, 2.05) is 23.9 Å². The van der Waals surface area contributed by atoms with Crippen LogP contribution in [0.5, 0.6) is 0 Å². The molecule has 1 amide bonds. The summed E-state index contributed by atoms with van der Waals surface area (Å²) in [5.74, 6) is 0.0494. The molecule has 0 saturated heterocycles. The average molecular weight is 246 g/mol. The number of para-hydroxylation sites is 1. The highest BCUT2D eigenvalue weighted by atomic mass is 16.1. The van der Waals surface area contributed by atoms with Crippen LogP contribution >= 0.6 is 0 Å². The topological polar surface area (TPSA) is 59.0 Å². The van der Waals surface area contributed by atoms with Crippen LogP contribution in [0.3, 0.4) is 0 Å². The van der Waals surface area contributed by atoms with E-state index < -0.39 is 0 Å². The van der Waals surface area contributed by atoms with E-state index in [1.165, 1.54) is 0 Å². The number of nitrogens with one attached hydrogen (secondary N) is 2. The summed E-state index contributed by atoms with van der Waals surface area (Å²) in [5.41, 5.74) is 2.14. The second-order valence-electron chi connectivity index (χ2n) is 4.19. The Hall–Kier alpha value is -1.88. The lowest BCUT2D eigenvalue weighted by Crippen LogP contribution is -2.24. The largest absolute Gasteiger partial charge is 0.359 e. The molecule has 1 aromatic carbocycles. The summed E-state index contributed by atoms with van der Waals surface area (Å²) in [6.45, 7) is 1.34. The number of nitrogens with zero attached hydrogens (tertiary/aromatic N) is 2. The molecule has 2 rings (SSSR count). The Labute approximate surface area is 106 Å². The van der Waals surface area contributed by atoms with Crippen molar-refractivity contribution in [3.05, 3.63) is 30.0 Å². The number of rotatable bonds is 5. The van der Waals surface area contributed by atoms with Crippen molar-refractivity contribution < 1.29 is 4.79 Å². The number of aromatic nitrogens is 2. The van der Waals surface area contributed by atoms with Crippen LogP contribution in [0.4, 0.5) is 0 Å². The van der Waals surface area contributed by atoms with Crippen LogP contribution in [0.1, 0.15) is 12.1 Å². The third kappa shape index (κ3) is 2.68. The Morgan fingerprint density at radius 2 is 2.17 bits per heavy atom. The molecule has 0 aliphatic carbocycles. The smallest absolute Gasteiger partial charge is 0.221 e. The highest BCUT2D eigenvalue weighted by Gasteiger charge is 2.07. The van der Waals surface area contributed by atoms with Crippen LogP contribution in [0.25, 0.3) is 10.9 Å². The fourth-order valence-corrected chi connectivity index (χ4v) is 1.95. The van der Waals surface area contributed by atoms with E-state index in [-0.39, 0.29) is 5.91 Å². The van der Waals surface area contributed by atoms with Crippen molar-refractivity contribution in [1.82, 2.24) is 20.4 Å². The van der Waals surface area contributed by atoms with Gasteiger partial charge in [0, 0.05) is 39.0 Å². The summed E-state index contributed by atoms with van der Waals surface area (Å²) in [7, 11) is 3.59. The number of hydrogen-bond acceptors (Lipinski definition) is 3. The van der Waals surface area contributed by atoms with Gasteiger partial charge in [0.2, 0.25) is 5.91 Å². The molecule has 2 aromatic rings. The summed E-state index contributed by atoms with van der Waals surface area (Å²) in [6.07, 6.45) is 0.487. The van der Waals surface area contributed by atoms with E-state index in [0.29, 0.717) is 19.5 Å². The zero-order valence-electron chi connectivity index (χ0n) is 10.7. The van der Waals surface area contributed by atoms with Gasteiger partial charge < -0.3 is 10.6 Å². The molecule has 0 aliphatic rings. The van der Waals surface area contributed by atoms with Gasteiger partial charge in [0.05, 0.1) is 11.2 Å². The Morgan fingerprint density at radius 3 is 2.94 bits per heavy atom. The lowest BCUT2D eigenvalue weighted by atomic mass is 10.2. The number of carbonyl (C=O) groups is 1. The van der Waals surface area contributed by atoms with Crippen molar-refractivity contribution in [2.24, 2.45) is 7.05 Å². The standard InChI is InChI=1S/C13H18N4O/c1-14-13(18)7-8-15-9-11-10-5-3-4-6-12(10)17(2)16-11/h3-6,15H,7-9H2,1-2H3,(H,14,18). The van der Waals surface area contributed by atoms with Gasteiger partial charge in [-0.2, -0.15) is 5.10 Å². The average Bonchev–Trinajstić information content (AvgIpc) is 2.72. The van der Waals surface area contributed by atoms with E-state index in [0.717, 1.165) is 16.6 Å². The lowest BCUT2D eigenvalue weighted by Gasteiger charge is -2.02. The van der Waals surface area contributed by atoms with Crippen molar-refractivity contribution in [2.45, 2.75) is 13.0 Å². The minimum Gasteiger partial charge on any atom is -0.359 e. The first-order valence-corrected chi connectivity index (χ1v) is 6.04. The lowest BCUT2D eigenvalue weighted by molar-refractivity contribution is -0.120. The third-order valence-electron chi connectivity index (χ3n) is 2.93. The number of carbonyl (C=O) groups excluding carboxylic acids is 1. The number of aryl methyl sites for hydroxylation is 1. The molecule has 96 valence electrons. The molecule has 2 N–H and O–H groups in total. The van der Waals surface area contributed by atoms with Gasteiger partial charge in [0.15, 0.2) is 0 Å². The highest BCUT2D eigenvalue weighted by molar-refractivity contribution is 5.81. The van der Waals surface area contributed by atoms with Crippen molar-refractivity contribution in [3.63, 3.8) is 0 Å². The van der Waals surface area contributed by atoms with Gasteiger partial charge in [-0.05, 0) is 6.07 Å². The van der Waals surface area contributed by atoms with Crippen molar-refractivity contribution >= 4 is 16.8 Å². The van der Waals surface area contributed by atoms with Gasteiger partial charge >= 0.3 is 0 Å². The Balaban J connectivity index is 1.98. The summed E-state index contributed by atoms with van der Waals surface area (Å²) in [6, 6.07) is 8.14. The monoisotopic (exact) mass is 246 g/mol. The van der Waals surface area contributed by atoms with Gasteiger partial charge in [-0.3, -0.25) is 9.48 Å². The van der Waals surface area contributed by atoms with Gasteiger partial charge in [-0.15, -0.1) is 0 Å². The summed E-state index contributed by atoms with van der Waals surface area (Å²) < 4.78 is 1.88. The van der Waals surface area contributed by atoms with Crippen LogP contribution in [0, 0.1) is 0 Å². The van der Waals surface area contributed by atoms with Crippen LogP contribution in [0.15, 0.2) is 24.3 Å². The molecular formula is C13H18N4O. The summed E-state index contributed by atoms with van der Waals surface area (Å²) in [4.78, 5) is 11.1. The van der Waals surface area contributed by atoms with E-state index in [4.69, 9.17) is 0 Å². The van der Waals surface area contributed by atoms with Crippen LogP contribution in [-0.2, 0) is 18.4 Å². The molecule has 5 nitrogen and oxygen atoms in total. The first-order valence-electron chi connectivity index (χ1n) is 6.04. The quantitative estimate of drug-likeness (QED) is 0.767. The SMILES string of the molecule is CNC(=O)CCNCc1nn(C)c2ccccc12. The van der Waals surface area contributed by atoms with Gasteiger partial charge in [-0.1, -0.05) is 18.2 Å². The number of amides is 1. The molecule has 0 aliphatic heterocycles. The highest BCUT2D eigenvalue weighted by Crippen LogP contribution is 2.16. The summed E-state index contributed by atoms with van der Waals surface area (Å²) in [5, 5.41) is 11.5. The molecule has 0 fully saturated rings. The van der Waals surface area contributed by atoms with E-state index in [2.05, 4.69) is 27.9 Å². The zero-order valence-corrected chi connectivity index (χ0v) is 10.7. The van der Waals surface area contributed by atoms with Crippen molar-refractivity contribution in [1.29, 1.82) is 0 Å². The molecule has 5 heteroatoms. The van der Waals surface area contributed by atoms with E-state index >= 15 is 0 Å². The number of benzene rings is 1. The minimum atomic E-state index is 0.0494. The Kier molecular flexibility index (Phi) is 3.94. The maximum Gasteiger partial charge on any atom is 0.221 e. The second-order valence-corrected chi connectivity index (χ2v) is 4.19. The molecular weight excluding hydrogens is 228 g/mol. The van der Waals surface area contributed by atoms with E-state index in [9.17, 15) is 4.79 Å². The molecule has 0 atom stereocenters. The predicted molar refractivity (Wildman–Crippen MR) is 71.1 cm³/mol. The number of fused-ring (bicyclic) bond motifs is 1.